The van der Waals surface area contributed by atoms with Gasteiger partial charge in [0, 0.05) is 18.7 Å². The van der Waals surface area contributed by atoms with Gasteiger partial charge in [0.15, 0.2) is 0 Å². The highest BCUT2D eigenvalue weighted by Crippen LogP contribution is 2.03. The molecule has 0 saturated carbocycles. The van der Waals surface area contributed by atoms with Crippen LogP contribution in [0.15, 0.2) is 37.5 Å². The Labute approximate surface area is 85.6 Å². The molecule has 0 heterocycles. The minimum absolute atomic E-state index is 0.0738. The van der Waals surface area contributed by atoms with Crippen LogP contribution >= 0.6 is 0 Å². The summed E-state index contributed by atoms with van der Waals surface area (Å²) in [5.41, 5.74) is 5.88. The van der Waals surface area contributed by atoms with Gasteiger partial charge in [-0.05, 0) is 13.0 Å². The summed E-state index contributed by atoms with van der Waals surface area (Å²) in [4.78, 5) is 13.3. The first-order valence-corrected chi connectivity index (χ1v) is 4.56. The van der Waals surface area contributed by atoms with Crippen LogP contribution in [0.1, 0.15) is 6.42 Å². The highest BCUT2D eigenvalue weighted by atomic mass is 16.2. The molecular weight excluding hydrogens is 176 g/mol. The van der Waals surface area contributed by atoms with Crippen LogP contribution in [0, 0.1) is 0 Å². The second kappa shape index (κ2) is 7.09. The normalized spacial score (nSPS) is 9.21. The molecule has 0 unspecified atom stereocenters. The number of amides is 1. The number of carbonyl (C=O) groups is 1. The van der Waals surface area contributed by atoms with Crippen molar-refractivity contribution in [1.29, 1.82) is 0 Å². The average molecular weight is 194 g/mol. The summed E-state index contributed by atoms with van der Waals surface area (Å²) in [6.07, 6.45) is 3.89. The van der Waals surface area contributed by atoms with E-state index in [1.54, 1.807) is 17.1 Å². The van der Waals surface area contributed by atoms with E-state index in [2.05, 4.69) is 19.7 Å². The number of nitrogens with two attached hydrogens (primary N) is 1. The maximum atomic E-state index is 11.7. The smallest absolute Gasteiger partial charge is 0.249 e. The molecular formula is C11H18N2O. The van der Waals surface area contributed by atoms with E-state index in [9.17, 15) is 4.79 Å². The first-order chi connectivity index (χ1) is 6.67. The lowest BCUT2D eigenvalue weighted by atomic mass is 10.2. The van der Waals surface area contributed by atoms with Crippen LogP contribution in [0.25, 0.3) is 0 Å². The topological polar surface area (TPSA) is 46.3 Å². The monoisotopic (exact) mass is 194 g/mol. The standard InChI is InChI=1S/C11H18N2O/c1-4-8-13(9-5-2)11(14)10(3)6-7-12/h4-5H,1-3,6-9,12H2. The molecule has 0 fully saturated rings. The third-order valence-electron chi connectivity index (χ3n) is 1.73. The fourth-order valence-electron chi connectivity index (χ4n) is 1.06. The molecule has 0 aromatic carbocycles. The van der Waals surface area contributed by atoms with Crippen LogP contribution in [-0.4, -0.2) is 30.4 Å². The molecule has 3 nitrogen and oxygen atoms in total. The molecule has 78 valence electrons. The Bertz CT molecular complexity index is 223. The number of hydrogen-bond donors (Lipinski definition) is 1. The van der Waals surface area contributed by atoms with Gasteiger partial charge in [-0.25, -0.2) is 0 Å². The third kappa shape index (κ3) is 4.05. The van der Waals surface area contributed by atoms with Crippen molar-refractivity contribution in [2.75, 3.05) is 19.6 Å². The summed E-state index contributed by atoms with van der Waals surface area (Å²) in [7, 11) is 0. The van der Waals surface area contributed by atoms with E-state index in [1.807, 2.05) is 0 Å². The molecule has 0 rings (SSSR count). The van der Waals surface area contributed by atoms with Gasteiger partial charge >= 0.3 is 0 Å². The van der Waals surface area contributed by atoms with Gasteiger partial charge in [0.05, 0.1) is 0 Å². The summed E-state index contributed by atoms with van der Waals surface area (Å²) in [5.74, 6) is -0.0738. The molecule has 0 atom stereocenters. The van der Waals surface area contributed by atoms with Crippen LogP contribution in [0.2, 0.25) is 0 Å². The second-order valence-electron chi connectivity index (χ2n) is 2.93. The maximum absolute atomic E-state index is 11.7. The Morgan fingerprint density at radius 2 is 1.79 bits per heavy atom. The predicted octanol–water partition coefficient (Wildman–Crippen LogP) is 1.09. The first-order valence-electron chi connectivity index (χ1n) is 4.56. The van der Waals surface area contributed by atoms with Crippen molar-refractivity contribution in [2.24, 2.45) is 5.73 Å². The van der Waals surface area contributed by atoms with E-state index in [4.69, 9.17) is 5.73 Å². The van der Waals surface area contributed by atoms with Crippen molar-refractivity contribution in [3.05, 3.63) is 37.5 Å². The molecule has 1 amide bonds. The molecule has 0 aliphatic heterocycles. The first kappa shape index (κ1) is 12.7. The zero-order chi connectivity index (χ0) is 11.0. The van der Waals surface area contributed by atoms with Gasteiger partial charge in [-0.15, -0.1) is 13.2 Å². The van der Waals surface area contributed by atoms with Crippen LogP contribution < -0.4 is 5.73 Å². The SMILES string of the molecule is C=CCN(CC=C)C(=O)C(=C)CCN. The Morgan fingerprint density at radius 3 is 2.14 bits per heavy atom. The van der Waals surface area contributed by atoms with Crippen molar-refractivity contribution >= 4 is 5.91 Å². The Balaban J connectivity index is 4.33. The molecule has 0 aromatic heterocycles. The van der Waals surface area contributed by atoms with Crippen LogP contribution in [0.4, 0.5) is 0 Å². The lowest BCUT2D eigenvalue weighted by Crippen LogP contribution is -2.32. The molecule has 2 N–H and O–H groups in total. The van der Waals surface area contributed by atoms with Gasteiger partial charge in [0.1, 0.15) is 0 Å². The summed E-state index contributed by atoms with van der Waals surface area (Å²) < 4.78 is 0. The zero-order valence-electron chi connectivity index (χ0n) is 8.54. The summed E-state index contributed by atoms with van der Waals surface area (Å²) in [6.45, 7) is 12.3. The van der Waals surface area contributed by atoms with Gasteiger partial charge in [-0.1, -0.05) is 18.7 Å². The van der Waals surface area contributed by atoms with Gasteiger partial charge in [0.25, 0.3) is 0 Å². The molecule has 0 bridgehead atoms. The van der Waals surface area contributed by atoms with Gasteiger partial charge in [0.2, 0.25) is 5.91 Å². The lowest BCUT2D eigenvalue weighted by Gasteiger charge is -2.20. The van der Waals surface area contributed by atoms with Crippen LogP contribution in [-0.2, 0) is 4.79 Å². The molecule has 0 aliphatic rings. The lowest BCUT2D eigenvalue weighted by molar-refractivity contribution is -0.126. The quantitative estimate of drug-likeness (QED) is 0.487. The number of rotatable bonds is 7. The average Bonchev–Trinajstić information content (AvgIpc) is 2.17. The van der Waals surface area contributed by atoms with Gasteiger partial charge in [-0.2, -0.15) is 0 Å². The highest BCUT2D eigenvalue weighted by molar-refractivity contribution is 5.93. The number of nitrogens with zero attached hydrogens (tertiary/aromatic N) is 1. The van der Waals surface area contributed by atoms with E-state index in [1.165, 1.54) is 0 Å². The minimum Gasteiger partial charge on any atom is -0.332 e. The minimum atomic E-state index is -0.0738. The van der Waals surface area contributed by atoms with Crippen LogP contribution in [0.3, 0.4) is 0 Å². The summed E-state index contributed by atoms with van der Waals surface area (Å²) in [5, 5.41) is 0. The van der Waals surface area contributed by atoms with Crippen LogP contribution in [0.5, 0.6) is 0 Å². The molecule has 0 aliphatic carbocycles. The van der Waals surface area contributed by atoms with E-state index >= 15 is 0 Å². The predicted molar refractivity (Wildman–Crippen MR) is 59.8 cm³/mol. The van der Waals surface area contributed by atoms with E-state index in [0.29, 0.717) is 31.6 Å². The van der Waals surface area contributed by atoms with Crippen molar-refractivity contribution in [3.8, 4) is 0 Å². The van der Waals surface area contributed by atoms with Crippen molar-refractivity contribution in [2.45, 2.75) is 6.42 Å². The summed E-state index contributed by atoms with van der Waals surface area (Å²) >= 11 is 0. The molecule has 0 aromatic rings. The Kier molecular flexibility index (Phi) is 6.41. The fraction of sp³-hybridized carbons (Fsp3) is 0.364. The van der Waals surface area contributed by atoms with E-state index < -0.39 is 0 Å². The van der Waals surface area contributed by atoms with Gasteiger partial charge in [-0.3, -0.25) is 4.79 Å². The van der Waals surface area contributed by atoms with E-state index in [-0.39, 0.29) is 5.91 Å². The number of hydrogen-bond acceptors (Lipinski definition) is 2. The molecule has 0 spiro atoms. The largest absolute Gasteiger partial charge is 0.332 e. The number of carbonyl (C=O) groups excluding carboxylic acids is 1. The maximum Gasteiger partial charge on any atom is 0.249 e. The molecule has 14 heavy (non-hydrogen) atoms. The second-order valence-corrected chi connectivity index (χ2v) is 2.93. The van der Waals surface area contributed by atoms with Crippen molar-refractivity contribution in [3.63, 3.8) is 0 Å². The highest BCUT2D eigenvalue weighted by Gasteiger charge is 2.13. The molecule has 0 radical (unpaired) electrons. The Hall–Kier alpha value is -1.35. The molecule has 0 saturated heterocycles. The zero-order valence-corrected chi connectivity index (χ0v) is 8.54. The van der Waals surface area contributed by atoms with E-state index in [0.717, 1.165) is 0 Å². The fourth-order valence-corrected chi connectivity index (χ4v) is 1.06. The summed E-state index contributed by atoms with van der Waals surface area (Å²) in [6, 6.07) is 0. The Morgan fingerprint density at radius 1 is 1.29 bits per heavy atom. The van der Waals surface area contributed by atoms with Gasteiger partial charge < -0.3 is 10.6 Å². The van der Waals surface area contributed by atoms with Crippen molar-refractivity contribution in [1.82, 2.24) is 4.90 Å². The molecule has 3 heteroatoms. The third-order valence-corrected chi connectivity index (χ3v) is 1.73. The van der Waals surface area contributed by atoms with Crippen molar-refractivity contribution < 1.29 is 4.79 Å².